The fraction of sp³-hybridized carbons (Fsp3) is 0.647. The summed E-state index contributed by atoms with van der Waals surface area (Å²) < 4.78 is 0. The molecule has 0 aromatic heterocycles. The van der Waals surface area contributed by atoms with E-state index < -0.39 is 0 Å². The smallest absolute Gasteiger partial charge is 0.0366 e. The fourth-order valence-corrected chi connectivity index (χ4v) is 2.30. The quantitative estimate of drug-likeness (QED) is 0.764. The molecule has 2 heteroatoms. The van der Waals surface area contributed by atoms with Crippen molar-refractivity contribution in [1.82, 2.24) is 5.32 Å². The maximum Gasteiger partial charge on any atom is 0.0366 e. The third-order valence-corrected chi connectivity index (χ3v) is 4.08. The van der Waals surface area contributed by atoms with Crippen LogP contribution in [0.3, 0.4) is 0 Å². The number of anilines is 1. The van der Waals surface area contributed by atoms with Gasteiger partial charge in [0.1, 0.15) is 0 Å². The highest BCUT2D eigenvalue weighted by atomic mass is 15.1. The predicted molar refractivity (Wildman–Crippen MR) is 83.6 cm³/mol. The van der Waals surface area contributed by atoms with Crippen molar-refractivity contribution in [3.63, 3.8) is 0 Å². The molecular weight excluding hydrogens is 232 g/mol. The molecule has 106 valence electrons. The molecule has 1 aromatic rings. The van der Waals surface area contributed by atoms with E-state index in [1.165, 1.54) is 30.5 Å². The van der Waals surface area contributed by atoms with Gasteiger partial charge < -0.3 is 10.2 Å². The summed E-state index contributed by atoms with van der Waals surface area (Å²) in [7, 11) is 0. The number of nitrogens with zero attached hydrogens (tertiary/aromatic N) is 1. The second-order valence-electron chi connectivity index (χ2n) is 5.87. The molecule has 0 amide bonds. The summed E-state index contributed by atoms with van der Waals surface area (Å²) in [5, 5.41) is 3.56. The molecule has 1 saturated carbocycles. The van der Waals surface area contributed by atoms with Gasteiger partial charge >= 0.3 is 0 Å². The van der Waals surface area contributed by atoms with Gasteiger partial charge in [0.15, 0.2) is 0 Å². The van der Waals surface area contributed by atoms with Crippen LogP contribution in [0.15, 0.2) is 24.3 Å². The molecule has 0 bridgehead atoms. The van der Waals surface area contributed by atoms with E-state index in [9.17, 15) is 0 Å². The predicted octanol–water partition coefficient (Wildman–Crippen LogP) is 3.81. The lowest BCUT2D eigenvalue weighted by molar-refractivity contribution is 0.548. The van der Waals surface area contributed by atoms with E-state index in [0.717, 1.165) is 31.6 Å². The van der Waals surface area contributed by atoms with Crippen molar-refractivity contribution in [2.45, 2.75) is 52.6 Å². The summed E-state index contributed by atoms with van der Waals surface area (Å²) in [4.78, 5) is 2.48. The highest BCUT2D eigenvalue weighted by Gasteiger charge is 2.19. The molecule has 1 N–H and O–H groups in total. The first-order chi connectivity index (χ1) is 9.22. The molecule has 1 aliphatic rings. The first-order valence-corrected chi connectivity index (χ1v) is 7.80. The zero-order chi connectivity index (χ0) is 13.7. The lowest BCUT2D eigenvalue weighted by atomic mass is 10.1. The summed E-state index contributed by atoms with van der Waals surface area (Å²) in [6.07, 6.45) is 3.97. The average Bonchev–Trinajstić information content (AvgIpc) is 3.27. The van der Waals surface area contributed by atoms with Crippen molar-refractivity contribution in [3.8, 4) is 0 Å². The number of hydrogen-bond donors (Lipinski definition) is 1. The van der Waals surface area contributed by atoms with Gasteiger partial charge in [0.2, 0.25) is 0 Å². The minimum absolute atomic E-state index is 0.760. The topological polar surface area (TPSA) is 15.3 Å². The van der Waals surface area contributed by atoms with Gasteiger partial charge in [0, 0.05) is 31.4 Å². The van der Waals surface area contributed by atoms with E-state index in [2.05, 4.69) is 55.3 Å². The van der Waals surface area contributed by atoms with Gasteiger partial charge in [-0.1, -0.05) is 32.4 Å². The lowest BCUT2D eigenvalue weighted by Crippen LogP contribution is -2.28. The number of nitrogens with one attached hydrogen (secondary N) is 1. The van der Waals surface area contributed by atoms with Crippen LogP contribution in [0.25, 0.3) is 0 Å². The Balaban J connectivity index is 1.90. The van der Waals surface area contributed by atoms with E-state index in [-0.39, 0.29) is 0 Å². The Kier molecular flexibility index (Phi) is 5.26. The Bertz CT molecular complexity index is 367. The molecule has 0 heterocycles. The van der Waals surface area contributed by atoms with Crippen molar-refractivity contribution in [2.24, 2.45) is 5.92 Å². The molecule has 0 aliphatic heterocycles. The highest BCUT2D eigenvalue weighted by Crippen LogP contribution is 2.21. The minimum atomic E-state index is 0.760. The summed E-state index contributed by atoms with van der Waals surface area (Å²) in [6, 6.07) is 9.87. The van der Waals surface area contributed by atoms with Crippen LogP contribution in [0.2, 0.25) is 0 Å². The van der Waals surface area contributed by atoms with Gasteiger partial charge in [-0.3, -0.25) is 0 Å². The molecule has 1 atom stereocenters. The summed E-state index contributed by atoms with van der Waals surface area (Å²) in [5.41, 5.74) is 2.76. The van der Waals surface area contributed by atoms with Crippen molar-refractivity contribution >= 4 is 5.69 Å². The van der Waals surface area contributed by atoms with Crippen molar-refractivity contribution < 1.29 is 0 Å². The Labute approximate surface area is 118 Å². The van der Waals surface area contributed by atoms with E-state index in [0.29, 0.717) is 0 Å². The average molecular weight is 260 g/mol. The molecule has 1 aliphatic carbocycles. The zero-order valence-corrected chi connectivity index (χ0v) is 12.7. The van der Waals surface area contributed by atoms with Crippen LogP contribution in [0.4, 0.5) is 5.69 Å². The van der Waals surface area contributed by atoms with Gasteiger partial charge in [-0.15, -0.1) is 0 Å². The first-order valence-electron chi connectivity index (χ1n) is 7.80. The molecule has 1 unspecified atom stereocenters. The maximum atomic E-state index is 3.56. The van der Waals surface area contributed by atoms with Crippen LogP contribution in [0.5, 0.6) is 0 Å². The SMILES string of the molecule is CCC(C)CN(CC)c1ccc(CNC2CC2)cc1. The van der Waals surface area contributed by atoms with E-state index in [4.69, 9.17) is 0 Å². The second kappa shape index (κ2) is 6.95. The van der Waals surface area contributed by atoms with Gasteiger partial charge in [0.25, 0.3) is 0 Å². The largest absolute Gasteiger partial charge is 0.372 e. The standard InChI is InChI=1S/C17H28N2/c1-4-14(3)13-19(5-2)17-10-6-15(7-11-17)12-18-16-8-9-16/h6-7,10-11,14,16,18H,4-5,8-9,12-13H2,1-3H3. The Morgan fingerprint density at radius 3 is 2.42 bits per heavy atom. The van der Waals surface area contributed by atoms with Gasteiger partial charge in [-0.05, 0) is 43.4 Å². The van der Waals surface area contributed by atoms with Crippen LogP contribution in [-0.4, -0.2) is 19.1 Å². The third kappa shape index (κ3) is 4.54. The minimum Gasteiger partial charge on any atom is -0.372 e. The molecule has 0 spiro atoms. The monoisotopic (exact) mass is 260 g/mol. The van der Waals surface area contributed by atoms with Crippen LogP contribution in [-0.2, 0) is 6.54 Å². The van der Waals surface area contributed by atoms with Crippen LogP contribution in [0, 0.1) is 5.92 Å². The number of rotatable bonds is 8. The van der Waals surface area contributed by atoms with E-state index in [1.54, 1.807) is 0 Å². The molecular formula is C17H28N2. The molecule has 19 heavy (non-hydrogen) atoms. The summed E-state index contributed by atoms with van der Waals surface area (Å²) in [5.74, 6) is 0.760. The molecule has 1 aromatic carbocycles. The molecule has 1 fully saturated rings. The van der Waals surface area contributed by atoms with Crippen molar-refractivity contribution in [1.29, 1.82) is 0 Å². The van der Waals surface area contributed by atoms with Crippen LogP contribution in [0.1, 0.15) is 45.6 Å². The molecule has 0 saturated heterocycles. The van der Waals surface area contributed by atoms with E-state index in [1.807, 2.05) is 0 Å². The van der Waals surface area contributed by atoms with Gasteiger partial charge in [-0.2, -0.15) is 0 Å². The van der Waals surface area contributed by atoms with Gasteiger partial charge in [-0.25, -0.2) is 0 Å². The van der Waals surface area contributed by atoms with Crippen molar-refractivity contribution in [3.05, 3.63) is 29.8 Å². The molecule has 2 rings (SSSR count). The maximum absolute atomic E-state index is 3.56. The van der Waals surface area contributed by atoms with Gasteiger partial charge in [0.05, 0.1) is 0 Å². The zero-order valence-electron chi connectivity index (χ0n) is 12.7. The van der Waals surface area contributed by atoms with Crippen LogP contribution >= 0.6 is 0 Å². The second-order valence-corrected chi connectivity index (χ2v) is 5.87. The number of hydrogen-bond acceptors (Lipinski definition) is 2. The Hall–Kier alpha value is -1.02. The first kappa shape index (κ1) is 14.4. The molecule has 0 radical (unpaired) electrons. The highest BCUT2D eigenvalue weighted by molar-refractivity contribution is 5.47. The van der Waals surface area contributed by atoms with Crippen molar-refractivity contribution in [2.75, 3.05) is 18.0 Å². The van der Waals surface area contributed by atoms with Crippen LogP contribution < -0.4 is 10.2 Å². The molecule has 2 nitrogen and oxygen atoms in total. The Morgan fingerprint density at radius 2 is 1.89 bits per heavy atom. The fourth-order valence-electron chi connectivity index (χ4n) is 2.30. The third-order valence-electron chi connectivity index (χ3n) is 4.08. The summed E-state index contributed by atoms with van der Waals surface area (Å²) in [6.45, 7) is 10.1. The lowest BCUT2D eigenvalue weighted by Gasteiger charge is -2.26. The normalized spacial score (nSPS) is 16.4. The van der Waals surface area contributed by atoms with E-state index >= 15 is 0 Å². The summed E-state index contributed by atoms with van der Waals surface area (Å²) >= 11 is 0. The number of benzene rings is 1. The Morgan fingerprint density at radius 1 is 1.21 bits per heavy atom.